The summed E-state index contributed by atoms with van der Waals surface area (Å²) >= 11 is 0. The van der Waals surface area contributed by atoms with E-state index < -0.39 is 11.5 Å². The van der Waals surface area contributed by atoms with Crippen molar-refractivity contribution in [2.75, 3.05) is 0 Å². The summed E-state index contributed by atoms with van der Waals surface area (Å²) in [5.41, 5.74) is -1.01. The first-order valence-corrected chi connectivity index (χ1v) is 8.18. The fourth-order valence-electron chi connectivity index (χ4n) is 3.41. The average molecular weight is 294 g/mol. The monoisotopic (exact) mass is 294 g/mol. The van der Waals surface area contributed by atoms with Crippen LogP contribution in [0.4, 0.5) is 0 Å². The summed E-state index contributed by atoms with van der Waals surface area (Å²) in [6.07, 6.45) is 9.26. The number of hydrogen-bond acceptors (Lipinski definition) is 4. The Morgan fingerprint density at radius 2 is 1.76 bits per heavy atom. The molecule has 1 saturated carbocycles. The van der Waals surface area contributed by atoms with Crippen LogP contribution in [0.1, 0.15) is 83.4 Å². The summed E-state index contributed by atoms with van der Waals surface area (Å²) in [6, 6.07) is 0. The highest BCUT2D eigenvalue weighted by molar-refractivity contribution is 5.76. The van der Waals surface area contributed by atoms with Gasteiger partial charge < -0.3 is 5.11 Å². The summed E-state index contributed by atoms with van der Waals surface area (Å²) in [4.78, 5) is 11.8. The van der Waals surface area contributed by atoms with Gasteiger partial charge in [-0.15, -0.1) is 5.10 Å². The number of carboxylic acids is 1. The molecule has 1 fully saturated rings. The lowest BCUT2D eigenvalue weighted by Gasteiger charge is -2.29. The lowest BCUT2D eigenvalue weighted by Crippen LogP contribution is -2.43. The van der Waals surface area contributed by atoms with Crippen molar-refractivity contribution >= 4 is 5.97 Å². The summed E-state index contributed by atoms with van der Waals surface area (Å²) < 4.78 is 1.60. The van der Waals surface area contributed by atoms with Gasteiger partial charge in [0, 0.05) is 5.92 Å². The van der Waals surface area contributed by atoms with E-state index >= 15 is 0 Å². The second kappa shape index (κ2) is 7.00. The molecule has 1 heterocycles. The minimum atomic E-state index is -1.01. The molecule has 6 nitrogen and oxygen atoms in total. The zero-order chi connectivity index (χ0) is 15.3. The van der Waals surface area contributed by atoms with Gasteiger partial charge >= 0.3 is 5.97 Å². The number of aromatic nitrogens is 4. The first-order chi connectivity index (χ1) is 10.2. The Bertz CT molecular complexity index is 460. The minimum absolute atomic E-state index is 0.289. The molecule has 1 aromatic rings. The van der Waals surface area contributed by atoms with Crippen LogP contribution >= 0.6 is 0 Å². The van der Waals surface area contributed by atoms with Crippen LogP contribution in [0.5, 0.6) is 0 Å². The van der Waals surface area contributed by atoms with Gasteiger partial charge in [-0.05, 0) is 36.1 Å². The molecule has 0 saturated heterocycles. The van der Waals surface area contributed by atoms with E-state index in [1.54, 1.807) is 4.68 Å². The molecule has 0 bridgehead atoms. The van der Waals surface area contributed by atoms with E-state index in [9.17, 15) is 9.90 Å². The van der Waals surface area contributed by atoms with Crippen LogP contribution in [0.2, 0.25) is 0 Å². The first-order valence-electron chi connectivity index (χ1n) is 8.18. The highest BCUT2D eigenvalue weighted by atomic mass is 16.4. The molecular weight excluding hydrogens is 268 g/mol. The fourth-order valence-corrected chi connectivity index (χ4v) is 3.41. The van der Waals surface area contributed by atoms with Gasteiger partial charge in [-0.3, -0.25) is 0 Å². The molecular formula is C15H26N4O2. The molecule has 1 N–H and O–H groups in total. The Hall–Kier alpha value is -1.46. The standard InChI is InChI=1S/C15H26N4O2/c1-3-15(4-2,14(20)21)19-13(16-17-18-19)12-10-8-6-5-7-9-11-12/h12H,3-11H2,1-2H3,(H,20,21). The molecule has 0 unspecified atom stereocenters. The fraction of sp³-hybridized carbons (Fsp3) is 0.867. The summed E-state index contributed by atoms with van der Waals surface area (Å²) in [5.74, 6) is 0.215. The molecule has 6 heteroatoms. The number of carboxylic acid groups (broad SMARTS) is 1. The number of hydrogen-bond donors (Lipinski definition) is 1. The van der Waals surface area contributed by atoms with Crippen molar-refractivity contribution in [1.29, 1.82) is 0 Å². The van der Waals surface area contributed by atoms with Crippen molar-refractivity contribution < 1.29 is 9.90 Å². The molecule has 1 aromatic heterocycles. The maximum Gasteiger partial charge on any atom is 0.331 e. The molecule has 0 amide bonds. The van der Waals surface area contributed by atoms with Gasteiger partial charge in [-0.25, -0.2) is 9.48 Å². The average Bonchev–Trinajstić information content (AvgIpc) is 2.90. The SMILES string of the molecule is CCC(CC)(C(=O)O)n1nnnc1C1CCCCCCC1. The Balaban J connectivity index is 2.33. The first kappa shape index (κ1) is 15.9. The van der Waals surface area contributed by atoms with Gasteiger partial charge in [-0.2, -0.15) is 0 Å². The number of aliphatic carboxylic acids is 1. The molecule has 21 heavy (non-hydrogen) atoms. The lowest BCUT2D eigenvalue weighted by atomic mass is 9.88. The van der Waals surface area contributed by atoms with Crippen molar-refractivity contribution in [1.82, 2.24) is 20.2 Å². The second-order valence-corrected chi connectivity index (χ2v) is 6.03. The van der Waals surface area contributed by atoms with Gasteiger partial charge in [0.15, 0.2) is 11.4 Å². The van der Waals surface area contributed by atoms with Crippen molar-refractivity contribution in [3.05, 3.63) is 5.82 Å². The molecule has 0 spiro atoms. The molecule has 2 rings (SSSR count). The zero-order valence-electron chi connectivity index (χ0n) is 13.1. The third kappa shape index (κ3) is 3.09. The van der Waals surface area contributed by atoms with Crippen LogP contribution in [0, 0.1) is 0 Å². The van der Waals surface area contributed by atoms with E-state index in [0.29, 0.717) is 12.8 Å². The van der Waals surface area contributed by atoms with E-state index in [4.69, 9.17) is 0 Å². The van der Waals surface area contributed by atoms with Crippen molar-refractivity contribution in [3.63, 3.8) is 0 Å². The van der Waals surface area contributed by atoms with Crippen LogP contribution in [0.25, 0.3) is 0 Å². The van der Waals surface area contributed by atoms with Gasteiger partial charge in [0.1, 0.15) is 0 Å². The van der Waals surface area contributed by atoms with Crippen LogP contribution in [-0.4, -0.2) is 31.3 Å². The molecule has 1 aliphatic carbocycles. The summed E-state index contributed by atoms with van der Waals surface area (Å²) in [5, 5.41) is 21.7. The summed E-state index contributed by atoms with van der Waals surface area (Å²) in [6.45, 7) is 3.78. The smallest absolute Gasteiger partial charge is 0.331 e. The maximum absolute atomic E-state index is 11.8. The normalized spacial score (nSPS) is 18.2. The molecule has 0 radical (unpaired) electrons. The van der Waals surface area contributed by atoms with Crippen LogP contribution in [0.15, 0.2) is 0 Å². The van der Waals surface area contributed by atoms with Gasteiger partial charge in [-0.1, -0.05) is 46.0 Å². The predicted molar refractivity (Wildman–Crippen MR) is 79.1 cm³/mol. The van der Waals surface area contributed by atoms with E-state index in [1.165, 1.54) is 32.1 Å². The predicted octanol–water partition coefficient (Wildman–Crippen LogP) is 3.10. The lowest BCUT2D eigenvalue weighted by molar-refractivity contribution is -0.149. The van der Waals surface area contributed by atoms with Crippen molar-refractivity contribution in [2.24, 2.45) is 0 Å². The molecule has 1 aliphatic rings. The molecule has 0 aliphatic heterocycles. The maximum atomic E-state index is 11.8. The van der Waals surface area contributed by atoms with Crippen LogP contribution in [0.3, 0.4) is 0 Å². The third-order valence-corrected chi connectivity index (χ3v) is 4.94. The molecule has 0 atom stereocenters. The van der Waals surface area contributed by atoms with Crippen molar-refractivity contribution in [3.8, 4) is 0 Å². The Morgan fingerprint density at radius 3 is 2.29 bits per heavy atom. The second-order valence-electron chi connectivity index (χ2n) is 6.03. The number of carbonyl (C=O) groups is 1. The van der Waals surface area contributed by atoms with Crippen LogP contribution in [-0.2, 0) is 10.3 Å². The largest absolute Gasteiger partial charge is 0.479 e. The quantitative estimate of drug-likeness (QED) is 0.902. The minimum Gasteiger partial charge on any atom is -0.479 e. The van der Waals surface area contributed by atoms with E-state index in [2.05, 4.69) is 15.5 Å². The van der Waals surface area contributed by atoms with Crippen molar-refractivity contribution in [2.45, 2.75) is 83.1 Å². The number of nitrogens with zero attached hydrogens (tertiary/aromatic N) is 4. The highest BCUT2D eigenvalue weighted by Gasteiger charge is 2.41. The van der Waals surface area contributed by atoms with E-state index in [-0.39, 0.29) is 5.92 Å². The Kier molecular flexibility index (Phi) is 5.31. The number of rotatable bonds is 5. The molecule has 118 valence electrons. The van der Waals surface area contributed by atoms with Gasteiger partial charge in [0.25, 0.3) is 0 Å². The van der Waals surface area contributed by atoms with E-state index in [1.807, 2.05) is 13.8 Å². The Labute approximate surface area is 125 Å². The molecule has 0 aromatic carbocycles. The third-order valence-electron chi connectivity index (χ3n) is 4.94. The van der Waals surface area contributed by atoms with Gasteiger partial charge in [0.2, 0.25) is 0 Å². The Morgan fingerprint density at radius 1 is 1.19 bits per heavy atom. The highest BCUT2D eigenvalue weighted by Crippen LogP contribution is 2.33. The van der Waals surface area contributed by atoms with Gasteiger partial charge in [0.05, 0.1) is 0 Å². The summed E-state index contributed by atoms with van der Waals surface area (Å²) in [7, 11) is 0. The topological polar surface area (TPSA) is 80.9 Å². The van der Waals surface area contributed by atoms with Crippen LogP contribution < -0.4 is 0 Å². The van der Waals surface area contributed by atoms with E-state index in [0.717, 1.165) is 18.7 Å². The number of tetrazole rings is 1. The zero-order valence-corrected chi connectivity index (χ0v) is 13.1.